The second-order valence-electron chi connectivity index (χ2n) is 8.78. The molecule has 0 fully saturated rings. The summed E-state index contributed by atoms with van der Waals surface area (Å²) in [5, 5.41) is 12.3. The Morgan fingerprint density at radius 1 is 1.10 bits per heavy atom. The van der Waals surface area contributed by atoms with Crippen molar-refractivity contribution >= 4 is 51.5 Å². The van der Waals surface area contributed by atoms with E-state index >= 15 is 0 Å². The monoisotopic (exact) mass is 564 g/mol. The Morgan fingerprint density at radius 2 is 1.92 bits per heavy atom. The lowest BCUT2D eigenvalue weighted by molar-refractivity contribution is -0.326. The summed E-state index contributed by atoms with van der Waals surface area (Å²) in [6, 6.07) is 14.8. The second kappa shape index (κ2) is 10.8. The van der Waals surface area contributed by atoms with Gasteiger partial charge in [0.15, 0.2) is 5.15 Å². The van der Waals surface area contributed by atoms with E-state index in [9.17, 15) is 9.59 Å². The lowest BCUT2D eigenvalue weighted by Crippen LogP contribution is -2.32. The Bertz CT molecular complexity index is 1770. The SMILES string of the molecule is CCC(C(=O)Nc1ccc2[nH+]c(N)ccc2c1)n1cc(OC)c(-c2cc(Cl)ccc2-n2cc(Cl)nn2)cc1=O. The van der Waals surface area contributed by atoms with Gasteiger partial charge in [0.05, 0.1) is 25.2 Å². The van der Waals surface area contributed by atoms with Gasteiger partial charge in [-0.1, -0.05) is 35.3 Å². The Morgan fingerprint density at radius 3 is 2.64 bits per heavy atom. The number of pyridine rings is 2. The number of methoxy groups -OCH3 is 1. The summed E-state index contributed by atoms with van der Waals surface area (Å²) < 4.78 is 8.51. The number of rotatable bonds is 7. The van der Waals surface area contributed by atoms with Crippen molar-refractivity contribution in [1.82, 2.24) is 19.6 Å². The van der Waals surface area contributed by atoms with Crippen LogP contribution in [0.15, 0.2) is 71.8 Å². The summed E-state index contributed by atoms with van der Waals surface area (Å²) in [6.45, 7) is 1.83. The summed E-state index contributed by atoms with van der Waals surface area (Å²) in [5.74, 6) is 0.570. The van der Waals surface area contributed by atoms with Gasteiger partial charge in [-0.3, -0.25) is 19.9 Å². The standard InChI is InChI=1S/C27H23Cl2N7O3/c1-3-21(27(38)31-17-6-7-20-15(10-17)4-9-25(30)32-20)35-13-23(39-2)19(12-26(35)37)18-11-16(28)5-8-22(18)36-14-24(29)33-34-36/h4-14,21H,3H2,1-2H3,(H2,30,32)(H,31,38)/p+1. The van der Waals surface area contributed by atoms with Crippen LogP contribution in [0, 0.1) is 0 Å². The maximum absolute atomic E-state index is 13.4. The lowest BCUT2D eigenvalue weighted by atomic mass is 10.0. The number of H-pyrrole nitrogens is 1. The zero-order valence-electron chi connectivity index (χ0n) is 21.0. The number of ether oxygens (including phenoxy) is 1. The van der Waals surface area contributed by atoms with Gasteiger partial charge in [-0.25, -0.2) is 9.67 Å². The fraction of sp³-hybridized carbons (Fsp3) is 0.148. The summed E-state index contributed by atoms with van der Waals surface area (Å²) in [7, 11) is 1.49. The average molecular weight is 565 g/mol. The Labute approximate surface area is 232 Å². The van der Waals surface area contributed by atoms with Crippen molar-refractivity contribution in [2.24, 2.45) is 0 Å². The number of anilines is 2. The predicted molar refractivity (Wildman–Crippen MR) is 151 cm³/mol. The van der Waals surface area contributed by atoms with Crippen molar-refractivity contribution in [3.8, 4) is 22.6 Å². The zero-order valence-corrected chi connectivity index (χ0v) is 22.5. The number of nitrogens with one attached hydrogen (secondary N) is 2. The van der Waals surface area contributed by atoms with Crippen LogP contribution < -0.4 is 26.3 Å². The van der Waals surface area contributed by atoms with Gasteiger partial charge in [-0.2, -0.15) is 0 Å². The summed E-state index contributed by atoms with van der Waals surface area (Å²) >= 11 is 12.3. The van der Waals surface area contributed by atoms with E-state index in [0.29, 0.717) is 45.5 Å². The van der Waals surface area contributed by atoms with Crippen LogP contribution in [0.2, 0.25) is 10.2 Å². The van der Waals surface area contributed by atoms with E-state index in [1.54, 1.807) is 36.5 Å². The molecule has 5 rings (SSSR count). The van der Waals surface area contributed by atoms with Gasteiger partial charge in [0.25, 0.3) is 11.4 Å². The summed E-state index contributed by atoms with van der Waals surface area (Å²) in [4.78, 5) is 29.8. The molecule has 0 radical (unpaired) electrons. The number of carbonyl (C=O) groups is 1. The number of carbonyl (C=O) groups excluding carboxylic acids is 1. The number of benzene rings is 2. The van der Waals surface area contributed by atoms with E-state index in [-0.39, 0.29) is 16.6 Å². The van der Waals surface area contributed by atoms with E-state index in [2.05, 4.69) is 20.6 Å². The number of aromatic amines is 1. The highest BCUT2D eigenvalue weighted by Crippen LogP contribution is 2.35. The molecule has 1 amide bonds. The first-order chi connectivity index (χ1) is 18.8. The fourth-order valence-corrected chi connectivity index (χ4v) is 4.73. The molecule has 10 nitrogen and oxygen atoms in total. The fourth-order valence-electron chi connectivity index (χ4n) is 4.43. The van der Waals surface area contributed by atoms with Crippen LogP contribution in [-0.2, 0) is 4.79 Å². The maximum atomic E-state index is 13.4. The molecular weight excluding hydrogens is 541 g/mol. The van der Waals surface area contributed by atoms with Crippen LogP contribution in [0.3, 0.4) is 0 Å². The Balaban J connectivity index is 1.51. The minimum atomic E-state index is -0.790. The first kappa shape index (κ1) is 26.2. The third-order valence-corrected chi connectivity index (χ3v) is 6.70. The van der Waals surface area contributed by atoms with E-state index in [4.69, 9.17) is 33.7 Å². The molecule has 0 aliphatic rings. The molecule has 12 heteroatoms. The Hall–Kier alpha value is -4.41. The smallest absolute Gasteiger partial charge is 0.270 e. The molecule has 4 N–H and O–H groups in total. The number of amides is 1. The predicted octanol–water partition coefficient (Wildman–Crippen LogP) is 4.55. The zero-order chi connectivity index (χ0) is 27.7. The van der Waals surface area contributed by atoms with Crippen molar-refractivity contribution < 1.29 is 14.5 Å². The van der Waals surface area contributed by atoms with Gasteiger partial charge in [0, 0.05) is 39.4 Å². The van der Waals surface area contributed by atoms with Crippen molar-refractivity contribution in [3.63, 3.8) is 0 Å². The van der Waals surface area contributed by atoms with Crippen LogP contribution in [0.25, 0.3) is 27.7 Å². The van der Waals surface area contributed by atoms with E-state index < -0.39 is 6.04 Å². The number of nitrogens with two attached hydrogens (primary N) is 1. The Kier molecular flexibility index (Phi) is 7.23. The average Bonchev–Trinajstić information content (AvgIpc) is 3.35. The lowest BCUT2D eigenvalue weighted by Gasteiger charge is -2.21. The molecule has 1 atom stereocenters. The van der Waals surface area contributed by atoms with Crippen LogP contribution in [-0.4, -0.2) is 32.6 Å². The first-order valence-corrected chi connectivity index (χ1v) is 12.7. The number of aromatic nitrogens is 5. The van der Waals surface area contributed by atoms with Gasteiger partial charge in [-0.05, 0) is 48.9 Å². The third kappa shape index (κ3) is 5.29. The molecule has 5 aromatic rings. The largest absolute Gasteiger partial charge is 0.495 e. The number of hydrogen-bond acceptors (Lipinski definition) is 6. The molecule has 0 saturated heterocycles. The van der Waals surface area contributed by atoms with Crippen LogP contribution in [0.5, 0.6) is 5.75 Å². The van der Waals surface area contributed by atoms with Gasteiger partial charge in [0.1, 0.15) is 17.3 Å². The number of halogens is 2. The van der Waals surface area contributed by atoms with Crippen molar-refractivity contribution in [1.29, 1.82) is 0 Å². The summed E-state index contributed by atoms with van der Waals surface area (Å²) in [5.41, 5.74) is 8.50. The van der Waals surface area contributed by atoms with E-state index in [0.717, 1.165) is 10.9 Å². The number of fused-ring (bicyclic) bond motifs is 1. The number of nitrogens with zero attached hydrogens (tertiary/aromatic N) is 4. The van der Waals surface area contributed by atoms with Gasteiger partial charge >= 0.3 is 0 Å². The highest BCUT2D eigenvalue weighted by molar-refractivity contribution is 6.31. The molecule has 0 aliphatic carbocycles. The molecule has 2 aromatic carbocycles. The van der Waals surface area contributed by atoms with Crippen LogP contribution >= 0.6 is 23.2 Å². The molecule has 0 saturated carbocycles. The molecule has 0 aliphatic heterocycles. The molecule has 3 aromatic heterocycles. The van der Waals surface area contributed by atoms with E-state index in [1.165, 1.54) is 28.6 Å². The first-order valence-electron chi connectivity index (χ1n) is 12.0. The quantitative estimate of drug-likeness (QED) is 0.298. The second-order valence-corrected chi connectivity index (χ2v) is 9.60. The molecule has 0 spiro atoms. The van der Waals surface area contributed by atoms with E-state index in [1.807, 2.05) is 25.1 Å². The molecule has 39 heavy (non-hydrogen) atoms. The normalized spacial score (nSPS) is 11.9. The van der Waals surface area contributed by atoms with Crippen LogP contribution in [0.1, 0.15) is 19.4 Å². The minimum Gasteiger partial charge on any atom is -0.495 e. The topological polar surface area (TPSA) is 131 Å². The number of nitrogen functional groups attached to an aromatic ring is 1. The number of hydrogen-bond donors (Lipinski definition) is 2. The van der Waals surface area contributed by atoms with Crippen molar-refractivity contribution in [2.75, 3.05) is 18.2 Å². The third-order valence-electron chi connectivity index (χ3n) is 6.29. The maximum Gasteiger partial charge on any atom is 0.270 e. The van der Waals surface area contributed by atoms with Gasteiger partial charge < -0.3 is 10.1 Å². The molecule has 0 bridgehead atoms. The van der Waals surface area contributed by atoms with Gasteiger partial charge in [-0.15, -0.1) is 5.10 Å². The van der Waals surface area contributed by atoms with Crippen molar-refractivity contribution in [2.45, 2.75) is 19.4 Å². The van der Waals surface area contributed by atoms with Crippen LogP contribution in [0.4, 0.5) is 11.5 Å². The summed E-state index contributed by atoms with van der Waals surface area (Å²) in [6.07, 6.45) is 3.44. The minimum absolute atomic E-state index is 0.212. The molecule has 198 valence electrons. The van der Waals surface area contributed by atoms with Crippen molar-refractivity contribution in [3.05, 3.63) is 87.5 Å². The highest BCUT2D eigenvalue weighted by Gasteiger charge is 2.23. The highest BCUT2D eigenvalue weighted by atomic mass is 35.5. The molecular formula is C27H24Cl2N7O3+. The molecule has 1 unspecified atom stereocenters. The molecule has 3 heterocycles. The van der Waals surface area contributed by atoms with Gasteiger partial charge in [0.2, 0.25) is 5.91 Å².